The summed E-state index contributed by atoms with van der Waals surface area (Å²) in [7, 11) is 0. The molecule has 126 valence electrons. The van der Waals surface area contributed by atoms with E-state index in [-0.39, 0.29) is 18.9 Å². The molecule has 2 aliphatic heterocycles. The Morgan fingerprint density at radius 1 is 1.22 bits per heavy atom. The van der Waals surface area contributed by atoms with Gasteiger partial charge < -0.3 is 25.2 Å². The molecule has 0 aromatic heterocycles. The lowest BCUT2D eigenvalue weighted by Gasteiger charge is -2.18. The van der Waals surface area contributed by atoms with Crippen LogP contribution < -0.4 is 10.6 Å². The van der Waals surface area contributed by atoms with Crippen molar-refractivity contribution in [3.8, 4) is 0 Å². The van der Waals surface area contributed by atoms with Crippen LogP contribution in [0.3, 0.4) is 0 Å². The molecule has 2 fully saturated rings. The van der Waals surface area contributed by atoms with E-state index in [1.54, 1.807) is 0 Å². The lowest BCUT2D eigenvalue weighted by atomic mass is 10.1. The van der Waals surface area contributed by atoms with Crippen molar-refractivity contribution in [1.82, 2.24) is 5.32 Å². The summed E-state index contributed by atoms with van der Waals surface area (Å²) in [6.45, 7) is 0.297. The number of urea groups is 1. The Morgan fingerprint density at radius 3 is 2.70 bits per heavy atom. The second-order valence-electron chi connectivity index (χ2n) is 5.45. The molecule has 0 aliphatic carbocycles. The third-order valence-corrected chi connectivity index (χ3v) is 3.79. The minimum Gasteiger partial charge on any atom is -0.388 e. The van der Waals surface area contributed by atoms with E-state index in [9.17, 15) is 23.1 Å². The molecule has 2 saturated heterocycles. The summed E-state index contributed by atoms with van der Waals surface area (Å²) in [5.41, 5.74) is -0.818. The number of ether oxygens (including phenoxy) is 2. The molecule has 0 unspecified atom stereocenters. The molecule has 1 aromatic rings. The fraction of sp³-hybridized carbons (Fsp3) is 0.500. The Bertz CT molecular complexity index is 596. The van der Waals surface area contributed by atoms with E-state index in [4.69, 9.17) is 9.47 Å². The van der Waals surface area contributed by atoms with E-state index < -0.39 is 42.1 Å². The zero-order chi connectivity index (χ0) is 16.6. The van der Waals surface area contributed by atoms with Crippen LogP contribution in [0.4, 0.5) is 23.7 Å². The quantitative estimate of drug-likeness (QED) is 0.764. The van der Waals surface area contributed by atoms with Crippen LogP contribution in [0.2, 0.25) is 0 Å². The van der Waals surface area contributed by atoms with E-state index in [2.05, 4.69) is 10.6 Å². The molecular weight excluding hydrogens is 317 g/mol. The number of carbonyl (C=O) groups is 1. The maximum atomic E-state index is 12.6. The normalized spacial score (nSPS) is 30.1. The Labute approximate surface area is 129 Å². The molecule has 3 rings (SSSR count). The average molecular weight is 332 g/mol. The third-order valence-electron chi connectivity index (χ3n) is 3.79. The summed E-state index contributed by atoms with van der Waals surface area (Å²) in [4.78, 5) is 11.9. The SMILES string of the molecule is O=C(Nc1cccc(C(F)(F)F)c1)N[C@H]1CO[C@H]2[C@@H]1OC[C@H]2O. The molecule has 0 bridgehead atoms. The van der Waals surface area contributed by atoms with Gasteiger partial charge in [-0.3, -0.25) is 0 Å². The van der Waals surface area contributed by atoms with Crippen molar-refractivity contribution in [2.45, 2.75) is 30.5 Å². The molecule has 6 nitrogen and oxygen atoms in total. The summed E-state index contributed by atoms with van der Waals surface area (Å²) in [6, 6.07) is 3.21. The van der Waals surface area contributed by atoms with Crippen LogP contribution in [-0.2, 0) is 15.7 Å². The highest BCUT2D eigenvalue weighted by atomic mass is 19.4. The van der Waals surface area contributed by atoms with Gasteiger partial charge >= 0.3 is 12.2 Å². The fourth-order valence-electron chi connectivity index (χ4n) is 2.71. The van der Waals surface area contributed by atoms with Gasteiger partial charge in [0.1, 0.15) is 18.3 Å². The summed E-state index contributed by atoms with van der Waals surface area (Å²) in [5, 5.41) is 14.5. The van der Waals surface area contributed by atoms with Gasteiger partial charge in [-0.1, -0.05) is 6.07 Å². The molecule has 0 radical (unpaired) electrons. The van der Waals surface area contributed by atoms with Gasteiger partial charge in [-0.15, -0.1) is 0 Å². The predicted molar refractivity (Wildman–Crippen MR) is 72.9 cm³/mol. The van der Waals surface area contributed by atoms with Crippen LogP contribution in [0.15, 0.2) is 24.3 Å². The molecule has 4 atom stereocenters. The Morgan fingerprint density at radius 2 is 1.96 bits per heavy atom. The standard InChI is InChI=1S/C14H15F3N2O4/c15-14(16,17)7-2-1-3-8(4-7)18-13(21)19-9-5-22-12-10(20)6-23-11(9)12/h1-4,9-12,20H,5-6H2,(H2,18,19,21)/t9-,10+,11+,12+/m0/s1. The number of nitrogens with one attached hydrogen (secondary N) is 2. The van der Waals surface area contributed by atoms with E-state index in [0.29, 0.717) is 0 Å². The van der Waals surface area contributed by atoms with Gasteiger partial charge in [0.2, 0.25) is 0 Å². The van der Waals surface area contributed by atoms with Gasteiger partial charge in [-0.2, -0.15) is 13.2 Å². The molecule has 0 spiro atoms. The van der Waals surface area contributed by atoms with Crippen molar-refractivity contribution in [1.29, 1.82) is 0 Å². The number of hydrogen-bond acceptors (Lipinski definition) is 4. The fourth-order valence-corrected chi connectivity index (χ4v) is 2.71. The van der Waals surface area contributed by atoms with Gasteiger partial charge in [-0.05, 0) is 18.2 Å². The third kappa shape index (κ3) is 3.41. The molecule has 23 heavy (non-hydrogen) atoms. The second kappa shape index (κ2) is 5.99. The number of fused-ring (bicyclic) bond motifs is 1. The van der Waals surface area contributed by atoms with Gasteiger partial charge in [0, 0.05) is 5.69 Å². The summed E-state index contributed by atoms with van der Waals surface area (Å²) in [5.74, 6) is 0. The minimum atomic E-state index is -4.48. The zero-order valence-electron chi connectivity index (χ0n) is 11.8. The molecule has 1 aromatic carbocycles. The number of carbonyl (C=O) groups excluding carboxylic acids is 1. The van der Waals surface area contributed by atoms with Crippen LogP contribution in [0, 0.1) is 0 Å². The number of aliphatic hydroxyl groups is 1. The monoisotopic (exact) mass is 332 g/mol. The number of benzene rings is 1. The highest BCUT2D eigenvalue weighted by Gasteiger charge is 2.47. The van der Waals surface area contributed by atoms with Gasteiger partial charge in [0.25, 0.3) is 0 Å². The smallest absolute Gasteiger partial charge is 0.388 e. The lowest BCUT2D eigenvalue weighted by Crippen LogP contribution is -2.46. The lowest BCUT2D eigenvalue weighted by molar-refractivity contribution is -0.137. The van der Waals surface area contributed by atoms with Crippen molar-refractivity contribution in [2.24, 2.45) is 0 Å². The van der Waals surface area contributed by atoms with Crippen molar-refractivity contribution in [3.05, 3.63) is 29.8 Å². The second-order valence-corrected chi connectivity index (χ2v) is 5.45. The van der Waals surface area contributed by atoms with Crippen molar-refractivity contribution in [2.75, 3.05) is 18.5 Å². The topological polar surface area (TPSA) is 79.8 Å². The number of alkyl halides is 3. The zero-order valence-corrected chi connectivity index (χ0v) is 11.8. The van der Waals surface area contributed by atoms with E-state index in [1.807, 2.05) is 0 Å². The predicted octanol–water partition coefficient (Wildman–Crippen LogP) is 1.35. The Balaban J connectivity index is 1.60. The molecule has 2 aliphatic rings. The molecular formula is C14H15F3N2O4. The molecule has 2 amide bonds. The van der Waals surface area contributed by atoms with Gasteiger partial charge in [0.05, 0.1) is 24.8 Å². The minimum absolute atomic E-state index is 0.0279. The first-order chi connectivity index (χ1) is 10.8. The summed E-state index contributed by atoms with van der Waals surface area (Å²) in [6.07, 6.45) is -6.17. The van der Waals surface area contributed by atoms with Gasteiger partial charge in [0.15, 0.2) is 0 Å². The Kier molecular flexibility index (Phi) is 4.17. The van der Waals surface area contributed by atoms with Crippen LogP contribution >= 0.6 is 0 Å². The van der Waals surface area contributed by atoms with Crippen molar-refractivity contribution in [3.63, 3.8) is 0 Å². The molecule has 2 heterocycles. The molecule has 0 saturated carbocycles. The van der Waals surface area contributed by atoms with Crippen LogP contribution in [-0.4, -0.2) is 48.7 Å². The first kappa shape index (κ1) is 16.0. The first-order valence-corrected chi connectivity index (χ1v) is 7.00. The van der Waals surface area contributed by atoms with E-state index in [0.717, 1.165) is 12.1 Å². The molecule has 9 heteroatoms. The van der Waals surface area contributed by atoms with Crippen LogP contribution in [0.5, 0.6) is 0 Å². The van der Waals surface area contributed by atoms with Crippen LogP contribution in [0.25, 0.3) is 0 Å². The maximum absolute atomic E-state index is 12.6. The Hall–Kier alpha value is -1.84. The maximum Gasteiger partial charge on any atom is 0.416 e. The number of halogens is 3. The van der Waals surface area contributed by atoms with Crippen LogP contribution in [0.1, 0.15) is 5.56 Å². The van der Waals surface area contributed by atoms with Crippen molar-refractivity contribution < 1.29 is 32.5 Å². The van der Waals surface area contributed by atoms with E-state index >= 15 is 0 Å². The largest absolute Gasteiger partial charge is 0.416 e. The van der Waals surface area contributed by atoms with Crippen molar-refractivity contribution >= 4 is 11.7 Å². The number of aliphatic hydroxyl groups excluding tert-OH is 1. The summed E-state index contributed by atoms with van der Waals surface area (Å²) < 4.78 is 48.6. The number of rotatable bonds is 2. The number of hydrogen-bond donors (Lipinski definition) is 3. The number of amides is 2. The highest BCUT2D eigenvalue weighted by molar-refractivity contribution is 5.89. The van der Waals surface area contributed by atoms with Gasteiger partial charge in [-0.25, -0.2) is 4.79 Å². The summed E-state index contributed by atoms with van der Waals surface area (Å²) >= 11 is 0. The average Bonchev–Trinajstić information content (AvgIpc) is 3.03. The molecule has 3 N–H and O–H groups in total. The highest BCUT2D eigenvalue weighted by Crippen LogP contribution is 2.31. The van der Waals surface area contributed by atoms with E-state index in [1.165, 1.54) is 12.1 Å². The number of anilines is 1. The first-order valence-electron chi connectivity index (χ1n) is 7.00.